The van der Waals surface area contributed by atoms with Crippen molar-refractivity contribution in [2.24, 2.45) is 5.92 Å². The number of carbonyl (C=O) groups excluding carboxylic acids is 1. The van der Waals surface area contributed by atoms with Crippen molar-refractivity contribution in [1.82, 2.24) is 20.1 Å². The molecule has 172 valence electrons. The summed E-state index contributed by atoms with van der Waals surface area (Å²) in [7, 11) is 1.38. The van der Waals surface area contributed by atoms with Gasteiger partial charge in [-0.2, -0.15) is 5.10 Å². The number of ether oxygens (including phenoxy) is 1. The lowest BCUT2D eigenvalue weighted by molar-refractivity contribution is 0.0594. The summed E-state index contributed by atoms with van der Waals surface area (Å²) < 4.78 is 20.4. The Morgan fingerprint density at radius 1 is 1.18 bits per heavy atom. The molecule has 7 nitrogen and oxygen atoms in total. The Bertz CT molecular complexity index is 1200. The van der Waals surface area contributed by atoms with E-state index in [-0.39, 0.29) is 11.5 Å². The number of rotatable bonds is 4. The van der Waals surface area contributed by atoms with Crippen LogP contribution in [0.3, 0.4) is 0 Å². The molecule has 0 bridgehead atoms. The van der Waals surface area contributed by atoms with Crippen LogP contribution in [0.25, 0.3) is 16.7 Å². The number of benzene rings is 1. The highest BCUT2D eigenvalue weighted by Crippen LogP contribution is 2.43. The molecule has 6 rings (SSSR count). The van der Waals surface area contributed by atoms with E-state index >= 15 is 0 Å². The molecule has 0 amide bonds. The van der Waals surface area contributed by atoms with Crippen LogP contribution in [0.15, 0.2) is 30.3 Å². The molecule has 4 heterocycles. The zero-order valence-electron chi connectivity index (χ0n) is 18.8. The fourth-order valence-corrected chi connectivity index (χ4v) is 5.58. The van der Waals surface area contributed by atoms with Crippen LogP contribution in [0.4, 0.5) is 10.1 Å². The van der Waals surface area contributed by atoms with Crippen molar-refractivity contribution in [2.75, 3.05) is 31.6 Å². The van der Waals surface area contributed by atoms with Gasteiger partial charge >= 0.3 is 5.97 Å². The number of nitrogens with zero attached hydrogens (tertiary/aromatic N) is 4. The molecule has 8 heteroatoms. The molecule has 3 fully saturated rings. The second-order valence-electron chi connectivity index (χ2n) is 9.46. The van der Waals surface area contributed by atoms with Gasteiger partial charge < -0.3 is 15.0 Å². The largest absolute Gasteiger partial charge is 0.464 e. The molecule has 2 aliphatic heterocycles. The van der Waals surface area contributed by atoms with Crippen LogP contribution >= 0.6 is 0 Å². The average molecular weight is 450 g/mol. The second-order valence-corrected chi connectivity index (χ2v) is 9.46. The second kappa shape index (κ2) is 8.09. The quantitative estimate of drug-likeness (QED) is 0.611. The Morgan fingerprint density at radius 2 is 2.00 bits per heavy atom. The standard InChI is InChI=1S/C25H28FN5O2/c1-33-25(32)20-13-21(30-12-10-19-16(14-30)9-11-27-19)22-23(15-3-2-4-15)29-31(24(22)28-20)18-7-5-17(26)6-8-18/h5-8,13,15-16,19,27H,2-4,9-12,14H2,1H3. The maximum atomic E-state index is 13.6. The summed E-state index contributed by atoms with van der Waals surface area (Å²) in [5.74, 6) is 0.214. The molecular formula is C25H28FN5O2. The number of esters is 1. The molecule has 33 heavy (non-hydrogen) atoms. The van der Waals surface area contributed by atoms with Gasteiger partial charge in [0.15, 0.2) is 11.3 Å². The van der Waals surface area contributed by atoms with E-state index in [4.69, 9.17) is 14.8 Å². The topological polar surface area (TPSA) is 72.3 Å². The summed E-state index contributed by atoms with van der Waals surface area (Å²) >= 11 is 0. The number of fused-ring (bicyclic) bond motifs is 2. The zero-order valence-corrected chi connectivity index (χ0v) is 18.8. The highest BCUT2D eigenvalue weighted by molar-refractivity contribution is 5.99. The monoisotopic (exact) mass is 449 g/mol. The third-order valence-corrected chi connectivity index (χ3v) is 7.60. The minimum Gasteiger partial charge on any atom is -0.464 e. The van der Waals surface area contributed by atoms with Gasteiger partial charge in [0.1, 0.15) is 5.82 Å². The molecular weight excluding hydrogens is 421 g/mol. The van der Waals surface area contributed by atoms with E-state index in [0.29, 0.717) is 23.5 Å². The SMILES string of the molecule is COC(=O)c1cc(N2CCC3NCCC3C2)c2c(C3CCC3)nn(-c3ccc(F)cc3)c2n1. The van der Waals surface area contributed by atoms with Gasteiger partial charge in [-0.05, 0) is 68.5 Å². The van der Waals surface area contributed by atoms with E-state index in [1.54, 1.807) is 16.8 Å². The number of anilines is 1. The van der Waals surface area contributed by atoms with Gasteiger partial charge in [-0.15, -0.1) is 0 Å². The van der Waals surface area contributed by atoms with Crippen molar-refractivity contribution in [3.63, 3.8) is 0 Å². The van der Waals surface area contributed by atoms with Crippen LogP contribution in [-0.4, -0.2) is 53.5 Å². The summed E-state index contributed by atoms with van der Waals surface area (Å²) in [5.41, 5.74) is 3.68. The summed E-state index contributed by atoms with van der Waals surface area (Å²) in [6.45, 7) is 2.93. The molecule has 2 atom stereocenters. The summed E-state index contributed by atoms with van der Waals surface area (Å²) in [5, 5.41) is 9.64. The molecule has 1 N–H and O–H groups in total. The number of halogens is 1. The van der Waals surface area contributed by atoms with E-state index < -0.39 is 5.97 Å². The Hall–Kier alpha value is -3.00. The molecule has 2 unspecified atom stereocenters. The maximum Gasteiger partial charge on any atom is 0.356 e. The lowest BCUT2D eigenvalue weighted by Crippen LogP contribution is -2.44. The van der Waals surface area contributed by atoms with Crippen LogP contribution < -0.4 is 10.2 Å². The van der Waals surface area contributed by atoms with Crippen LogP contribution in [-0.2, 0) is 4.74 Å². The van der Waals surface area contributed by atoms with Crippen molar-refractivity contribution >= 4 is 22.7 Å². The highest BCUT2D eigenvalue weighted by Gasteiger charge is 2.36. The average Bonchev–Trinajstić information content (AvgIpc) is 3.42. The number of hydrogen-bond donors (Lipinski definition) is 1. The summed E-state index contributed by atoms with van der Waals surface area (Å²) in [6.07, 6.45) is 5.64. The first-order valence-corrected chi connectivity index (χ1v) is 11.9. The number of aromatic nitrogens is 3. The fourth-order valence-electron chi connectivity index (χ4n) is 5.58. The minimum absolute atomic E-state index is 0.273. The van der Waals surface area contributed by atoms with E-state index in [1.807, 2.05) is 6.07 Å². The predicted molar refractivity (Wildman–Crippen MR) is 123 cm³/mol. The van der Waals surface area contributed by atoms with Gasteiger partial charge in [0, 0.05) is 25.0 Å². The molecule has 1 aliphatic carbocycles. The van der Waals surface area contributed by atoms with Crippen LogP contribution in [0.5, 0.6) is 0 Å². The van der Waals surface area contributed by atoms with E-state index in [0.717, 1.165) is 61.4 Å². The Balaban J connectivity index is 1.56. The molecule has 2 saturated heterocycles. The summed E-state index contributed by atoms with van der Waals surface area (Å²) in [4.78, 5) is 19.7. The molecule has 2 aromatic heterocycles. The molecule has 0 spiro atoms. The van der Waals surface area contributed by atoms with Crippen molar-refractivity contribution in [3.05, 3.63) is 47.5 Å². The lowest BCUT2D eigenvalue weighted by atomic mass is 9.81. The molecule has 1 saturated carbocycles. The minimum atomic E-state index is -0.465. The van der Waals surface area contributed by atoms with Gasteiger partial charge in [-0.25, -0.2) is 18.9 Å². The fraction of sp³-hybridized carbons (Fsp3) is 0.480. The number of piperidine rings is 1. The number of nitrogens with one attached hydrogen (secondary N) is 1. The summed E-state index contributed by atoms with van der Waals surface area (Å²) in [6, 6.07) is 8.72. The first-order chi connectivity index (χ1) is 16.1. The normalized spacial score (nSPS) is 22.9. The molecule has 0 radical (unpaired) electrons. The van der Waals surface area contributed by atoms with Gasteiger partial charge in [0.05, 0.1) is 29.6 Å². The van der Waals surface area contributed by atoms with Gasteiger partial charge in [-0.1, -0.05) is 6.42 Å². The van der Waals surface area contributed by atoms with Crippen molar-refractivity contribution < 1.29 is 13.9 Å². The lowest BCUT2D eigenvalue weighted by Gasteiger charge is -2.37. The number of carbonyl (C=O) groups is 1. The first-order valence-electron chi connectivity index (χ1n) is 11.9. The van der Waals surface area contributed by atoms with Crippen molar-refractivity contribution in [1.29, 1.82) is 0 Å². The van der Waals surface area contributed by atoms with Gasteiger partial charge in [0.25, 0.3) is 0 Å². The Kier molecular flexibility index (Phi) is 5.05. The number of methoxy groups -OCH3 is 1. The Labute approximate surface area is 191 Å². The van der Waals surface area contributed by atoms with Crippen LogP contribution in [0.2, 0.25) is 0 Å². The van der Waals surface area contributed by atoms with E-state index in [2.05, 4.69) is 10.2 Å². The molecule has 3 aliphatic rings. The molecule has 1 aromatic carbocycles. The maximum absolute atomic E-state index is 13.6. The number of pyridine rings is 1. The van der Waals surface area contributed by atoms with Crippen molar-refractivity contribution in [2.45, 2.75) is 44.1 Å². The first kappa shape index (κ1) is 20.6. The van der Waals surface area contributed by atoms with E-state index in [1.165, 1.54) is 32.1 Å². The van der Waals surface area contributed by atoms with Gasteiger partial charge in [0.2, 0.25) is 0 Å². The Morgan fingerprint density at radius 3 is 2.73 bits per heavy atom. The molecule has 3 aromatic rings. The van der Waals surface area contributed by atoms with Crippen LogP contribution in [0.1, 0.15) is 54.2 Å². The number of hydrogen-bond acceptors (Lipinski definition) is 6. The zero-order chi connectivity index (χ0) is 22.5. The highest BCUT2D eigenvalue weighted by atomic mass is 19.1. The van der Waals surface area contributed by atoms with Crippen molar-refractivity contribution in [3.8, 4) is 5.69 Å². The van der Waals surface area contributed by atoms with Crippen LogP contribution in [0, 0.1) is 11.7 Å². The smallest absolute Gasteiger partial charge is 0.356 e. The van der Waals surface area contributed by atoms with Gasteiger partial charge in [-0.3, -0.25) is 0 Å². The third kappa shape index (κ3) is 3.47. The van der Waals surface area contributed by atoms with E-state index in [9.17, 15) is 9.18 Å². The predicted octanol–water partition coefficient (Wildman–Crippen LogP) is 3.80. The third-order valence-electron chi connectivity index (χ3n) is 7.60.